The highest BCUT2D eigenvalue weighted by atomic mass is 32.2. The van der Waals surface area contributed by atoms with Crippen molar-refractivity contribution in [2.24, 2.45) is 0 Å². The number of sulfonamides is 1. The Kier molecular flexibility index (Phi) is 9.13. The van der Waals surface area contributed by atoms with Gasteiger partial charge in [0.2, 0.25) is 21.8 Å². The molecule has 0 radical (unpaired) electrons. The van der Waals surface area contributed by atoms with Crippen LogP contribution in [0.1, 0.15) is 48.0 Å². The molecule has 0 saturated carbocycles. The predicted octanol–water partition coefficient (Wildman–Crippen LogP) is 1.61. The quantitative estimate of drug-likeness (QED) is 0.678. The van der Waals surface area contributed by atoms with Gasteiger partial charge in [-0.05, 0) is 46.3 Å². The second-order valence-electron chi connectivity index (χ2n) is 5.68. The van der Waals surface area contributed by atoms with Crippen molar-refractivity contribution >= 4 is 39.2 Å². The summed E-state index contributed by atoms with van der Waals surface area (Å²) >= 11 is 5.44. The van der Waals surface area contributed by atoms with Crippen LogP contribution < -0.4 is 4.72 Å². The standard InChI is InChI=1S/C15H27N3O4S2/c1-7-12(4)18(14(6)20)15(23)17(11(2)3)9-8-10-24(21,22)16-13(5)19/h7,11H,8-10H2,1-6H3,(H,16,19)/b12-7+. The molecule has 0 unspecified atom stereocenters. The van der Waals surface area contributed by atoms with Crippen LogP contribution in [0.2, 0.25) is 0 Å². The minimum Gasteiger partial charge on any atom is -0.346 e. The van der Waals surface area contributed by atoms with Gasteiger partial charge in [-0.1, -0.05) is 6.08 Å². The molecule has 0 spiro atoms. The zero-order valence-electron chi connectivity index (χ0n) is 15.1. The maximum Gasteiger partial charge on any atom is 0.234 e. The van der Waals surface area contributed by atoms with E-state index in [2.05, 4.69) is 0 Å². The molecule has 0 atom stereocenters. The normalized spacial score (nSPS) is 12.0. The molecule has 0 aliphatic rings. The van der Waals surface area contributed by atoms with E-state index in [0.29, 0.717) is 17.4 Å². The first kappa shape index (κ1) is 22.5. The number of carbonyl (C=O) groups excluding carboxylic acids is 2. The van der Waals surface area contributed by atoms with E-state index in [0.717, 1.165) is 6.92 Å². The van der Waals surface area contributed by atoms with Crippen molar-refractivity contribution in [2.45, 2.75) is 54.0 Å². The molecule has 138 valence electrons. The Morgan fingerprint density at radius 1 is 1.21 bits per heavy atom. The number of rotatable bonds is 7. The minimum absolute atomic E-state index is 0.00697. The highest BCUT2D eigenvalue weighted by Gasteiger charge is 2.24. The second-order valence-corrected chi connectivity index (χ2v) is 7.89. The number of allylic oxidation sites excluding steroid dienone is 2. The molecule has 7 nitrogen and oxygen atoms in total. The monoisotopic (exact) mass is 377 g/mol. The lowest BCUT2D eigenvalue weighted by Gasteiger charge is -2.35. The molecular weight excluding hydrogens is 350 g/mol. The lowest BCUT2D eigenvalue weighted by Crippen LogP contribution is -2.48. The molecule has 0 saturated heterocycles. The summed E-state index contributed by atoms with van der Waals surface area (Å²) in [7, 11) is -3.65. The third-order valence-corrected chi connectivity index (χ3v) is 5.10. The van der Waals surface area contributed by atoms with Crippen LogP contribution in [0.4, 0.5) is 0 Å². The highest BCUT2D eigenvalue weighted by molar-refractivity contribution is 7.90. The first-order valence-corrected chi connectivity index (χ1v) is 9.74. The largest absolute Gasteiger partial charge is 0.346 e. The van der Waals surface area contributed by atoms with Gasteiger partial charge in [0, 0.05) is 32.1 Å². The highest BCUT2D eigenvalue weighted by Crippen LogP contribution is 2.13. The fourth-order valence-electron chi connectivity index (χ4n) is 2.06. The van der Waals surface area contributed by atoms with Gasteiger partial charge in [0.1, 0.15) is 0 Å². The molecule has 0 fully saturated rings. The predicted molar refractivity (Wildman–Crippen MR) is 98.6 cm³/mol. The molecule has 0 rings (SSSR count). The number of nitrogens with zero attached hydrogens (tertiary/aromatic N) is 2. The maximum absolute atomic E-state index is 11.9. The molecule has 9 heteroatoms. The summed E-state index contributed by atoms with van der Waals surface area (Å²) in [5.74, 6) is -1.01. The van der Waals surface area contributed by atoms with Gasteiger partial charge in [0.05, 0.1) is 5.75 Å². The average molecular weight is 378 g/mol. The molecule has 24 heavy (non-hydrogen) atoms. The molecule has 0 aliphatic heterocycles. The molecule has 0 bridgehead atoms. The topological polar surface area (TPSA) is 86.8 Å². The molecule has 1 N–H and O–H groups in total. The molecule has 0 aromatic rings. The number of thiocarbonyl (C=S) groups is 1. The van der Waals surface area contributed by atoms with Crippen molar-refractivity contribution in [1.29, 1.82) is 0 Å². The Morgan fingerprint density at radius 2 is 1.75 bits per heavy atom. The number of amides is 2. The van der Waals surface area contributed by atoms with Crippen molar-refractivity contribution < 1.29 is 18.0 Å². The molecule has 0 aromatic carbocycles. The van der Waals surface area contributed by atoms with Gasteiger partial charge in [-0.25, -0.2) is 8.42 Å². The summed E-state index contributed by atoms with van der Waals surface area (Å²) in [5, 5.41) is 0.338. The van der Waals surface area contributed by atoms with Crippen molar-refractivity contribution in [1.82, 2.24) is 14.5 Å². The third kappa shape index (κ3) is 7.39. The van der Waals surface area contributed by atoms with Gasteiger partial charge in [-0.3, -0.25) is 19.2 Å². The number of carbonyl (C=O) groups is 2. The van der Waals surface area contributed by atoms with Crippen molar-refractivity contribution in [3.8, 4) is 0 Å². The first-order valence-electron chi connectivity index (χ1n) is 7.68. The van der Waals surface area contributed by atoms with E-state index in [1.54, 1.807) is 17.9 Å². The SMILES string of the molecule is C/C=C(\C)N(C(C)=O)C(=S)N(CCCS(=O)(=O)NC(C)=O)C(C)C. The first-order chi connectivity index (χ1) is 10.9. The van der Waals surface area contributed by atoms with Crippen molar-refractivity contribution in [3.05, 3.63) is 11.8 Å². The van der Waals surface area contributed by atoms with Crippen molar-refractivity contribution in [2.75, 3.05) is 12.3 Å². The molecule has 0 aliphatic carbocycles. The van der Waals surface area contributed by atoms with E-state index in [9.17, 15) is 18.0 Å². The summed E-state index contributed by atoms with van der Waals surface area (Å²) in [5.41, 5.74) is 0.712. The van der Waals surface area contributed by atoms with E-state index in [1.807, 2.05) is 25.5 Å². The Morgan fingerprint density at radius 3 is 2.12 bits per heavy atom. The lowest BCUT2D eigenvalue weighted by molar-refractivity contribution is -0.124. The Bertz CT molecular complexity index is 612. The van der Waals surface area contributed by atoms with Crippen LogP contribution in [0.15, 0.2) is 11.8 Å². The fraction of sp³-hybridized carbons (Fsp3) is 0.667. The van der Waals surface area contributed by atoms with Crippen LogP contribution in [0.5, 0.6) is 0 Å². The van der Waals surface area contributed by atoms with Gasteiger partial charge in [-0.2, -0.15) is 0 Å². The van der Waals surface area contributed by atoms with Crippen molar-refractivity contribution in [3.63, 3.8) is 0 Å². The molecule has 0 aromatic heterocycles. The summed E-state index contributed by atoms with van der Waals surface area (Å²) in [6.07, 6.45) is 2.06. The molecule has 2 amide bonds. The molecular formula is C15H27N3O4S2. The summed E-state index contributed by atoms with van der Waals surface area (Å²) in [6.45, 7) is 10.4. The summed E-state index contributed by atoms with van der Waals surface area (Å²) in [6, 6.07) is -0.00697. The van der Waals surface area contributed by atoms with Gasteiger partial charge in [-0.15, -0.1) is 0 Å². The van der Waals surface area contributed by atoms with Crippen LogP contribution in [0.3, 0.4) is 0 Å². The zero-order chi connectivity index (χ0) is 19.1. The third-order valence-electron chi connectivity index (χ3n) is 3.26. The number of hydrogen-bond donors (Lipinski definition) is 1. The Hall–Kier alpha value is -1.48. The second kappa shape index (κ2) is 9.73. The van der Waals surface area contributed by atoms with E-state index in [4.69, 9.17) is 12.2 Å². The molecule has 0 heterocycles. The number of hydrogen-bond acceptors (Lipinski definition) is 5. The van der Waals surface area contributed by atoms with Gasteiger partial charge < -0.3 is 4.90 Å². The minimum atomic E-state index is -3.65. The van der Waals surface area contributed by atoms with Crippen LogP contribution >= 0.6 is 12.2 Å². The van der Waals surface area contributed by atoms with Crippen LogP contribution in [-0.4, -0.2) is 53.5 Å². The van der Waals surface area contributed by atoms with Crippen LogP contribution in [0.25, 0.3) is 0 Å². The van der Waals surface area contributed by atoms with E-state index >= 15 is 0 Å². The van der Waals surface area contributed by atoms with Gasteiger partial charge in [0.25, 0.3) is 0 Å². The van der Waals surface area contributed by atoms with Crippen LogP contribution in [-0.2, 0) is 19.6 Å². The van der Waals surface area contributed by atoms with E-state index in [1.165, 1.54) is 11.8 Å². The fourth-order valence-corrected chi connectivity index (χ4v) is 3.68. The van der Waals surface area contributed by atoms with Gasteiger partial charge in [0.15, 0.2) is 5.11 Å². The average Bonchev–Trinajstić information content (AvgIpc) is 2.40. The zero-order valence-corrected chi connectivity index (χ0v) is 16.8. The summed E-state index contributed by atoms with van der Waals surface area (Å²) < 4.78 is 25.3. The number of nitrogens with one attached hydrogen (secondary N) is 1. The lowest BCUT2D eigenvalue weighted by atomic mass is 10.3. The maximum atomic E-state index is 11.9. The summed E-state index contributed by atoms with van der Waals surface area (Å²) in [4.78, 5) is 26.0. The smallest absolute Gasteiger partial charge is 0.234 e. The Labute approximate surface area is 150 Å². The van der Waals surface area contributed by atoms with Crippen LogP contribution in [0, 0.1) is 0 Å². The van der Waals surface area contributed by atoms with E-state index in [-0.39, 0.29) is 24.1 Å². The Balaban J connectivity index is 5.08. The van der Waals surface area contributed by atoms with E-state index < -0.39 is 15.9 Å². The van der Waals surface area contributed by atoms with Gasteiger partial charge >= 0.3 is 0 Å².